The molecule has 0 saturated heterocycles. The van der Waals surface area contributed by atoms with Crippen molar-refractivity contribution in [2.45, 2.75) is 70.6 Å². The van der Waals surface area contributed by atoms with E-state index in [1.54, 1.807) is 0 Å². The average molecular weight is 305 g/mol. The van der Waals surface area contributed by atoms with Gasteiger partial charge in [0.15, 0.2) is 0 Å². The van der Waals surface area contributed by atoms with E-state index in [1.165, 1.54) is 19.3 Å². The lowest BCUT2D eigenvalue weighted by atomic mass is 9.45. The summed E-state index contributed by atoms with van der Waals surface area (Å²) in [6.07, 6.45) is 10.1. The van der Waals surface area contributed by atoms with Crippen LogP contribution in [-0.4, -0.2) is 28.5 Å². The second-order valence-corrected chi connectivity index (χ2v) is 9.05. The fraction of sp³-hybridized carbons (Fsp3) is 0.895. The fourth-order valence-electron chi connectivity index (χ4n) is 6.80. The highest BCUT2D eigenvalue weighted by molar-refractivity contribution is 5.19. The molecule has 22 heavy (non-hydrogen) atoms. The molecule has 0 aromatic rings. The van der Waals surface area contributed by atoms with Crippen LogP contribution in [-0.2, 0) is 0 Å². The summed E-state index contributed by atoms with van der Waals surface area (Å²) >= 11 is 0. The van der Waals surface area contributed by atoms with Crippen LogP contribution in [0.15, 0.2) is 12.2 Å². The summed E-state index contributed by atoms with van der Waals surface area (Å²) in [5.74, 6) is 1.94. The second-order valence-electron chi connectivity index (χ2n) is 9.05. The molecule has 3 nitrogen and oxygen atoms in total. The van der Waals surface area contributed by atoms with Crippen LogP contribution >= 0.6 is 0 Å². The van der Waals surface area contributed by atoms with Crippen molar-refractivity contribution in [1.82, 2.24) is 0 Å². The Hall–Kier alpha value is -0.380. The van der Waals surface area contributed by atoms with Gasteiger partial charge in [-0.2, -0.15) is 0 Å². The standard InChI is InChI=1S/C19H31NO2/c1-18-7-5-12(21)9-11(18)10-15(22)17-13-3-4-16(20)19(13,2)8-6-14(17)18/h5,7,11-17,21-22H,3-4,6,8-10,20H2,1-2H3/t11-,12-,13-,14-,15-,16-,17-,18-,19-/m0/s1. The number of fused-ring (bicyclic) bond motifs is 5. The van der Waals surface area contributed by atoms with Gasteiger partial charge in [-0.25, -0.2) is 0 Å². The lowest BCUT2D eigenvalue weighted by Crippen LogP contribution is -2.58. The summed E-state index contributed by atoms with van der Waals surface area (Å²) in [5, 5.41) is 20.9. The van der Waals surface area contributed by atoms with Crippen molar-refractivity contribution in [3.05, 3.63) is 12.2 Å². The zero-order chi connectivity index (χ0) is 15.7. The summed E-state index contributed by atoms with van der Waals surface area (Å²) in [6.45, 7) is 4.74. The van der Waals surface area contributed by atoms with E-state index in [-0.39, 0.29) is 23.0 Å². The Bertz CT molecular complexity index is 492. The molecule has 0 aliphatic heterocycles. The Kier molecular flexibility index (Phi) is 3.32. The molecule has 9 atom stereocenters. The molecule has 3 heteroatoms. The smallest absolute Gasteiger partial charge is 0.0724 e. The number of nitrogens with two attached hydrogens (primary N) is 1. The van der Waals surface area contributed by atoms with Crippen LogP contribution in [0.1, 0.15) is 52.4 Å². The number of hydrogen-bond donors (Lipinski definition) is 3. The van der Waals surface area contributed by atoms with Gasteiger partial charge in [-0.1, -0.05) is 26.0 Å². The monoisotopic (exact) mass is 305 g/mol. The summed E-state index contributed by atoms with van der Waals surface area (Å²) in [6, 6.07) is 0.305. The van der Waals surface area contributed by atoms with E-state index in [0.29, 0.717) is 29.7 Å². The number of aliphatic hydroxyl groups is 2. The van der Waals surface area contributed by atoms with E-state index in [1.807, 2.05) is 6.08 Å². The van der Waals surface area contributed by atoms with Crippen LogP contribution in [0.5, 0.6) is 0 Å². The maximum Gasteiger partial charge on any atom is 0.0724 e. The molecule has 4 N–H and O–H groups in total. The van der Waals surface area contributed by atoms with Gasteiger partial charge in [-0.3, -0.25) is 0 Å². The van der Waals surface area contributed by atoms with E-state index in [2.05, 4.69) is 19.9 Å². The summed E-state index contributed by atoms with van der Waals surface area (Å²) in [7, 11) is 0. The molecule has 4 rings (SSSR count). The topological polar surface area (TPSA) is 66.5 Å². The Balaban J connectivity index is 1.71. The molecule has 3 fully saturated rings. The molecule has 0 amide bonds. The third-order valence-electron chi connectivity index (χ3n) is 8.26. The van der Waals surface area contributed by atoms with Gasteiger partial charge in [-0.05, 0) is 73.0 Å². The van der Waals surface area contributed by atoms with Crippen LogP contribution in [0.2, 0.25) is 0 Å². The van der Waals surface area contributed by atoms with Crippen LogP contribution in [0.3, 0.4) is 0 Å². The minimum Gasteiger partial charge on any atom is -0.393 e. The predicted octanol–water partition coefficient (Wildman–Crippen LogP) is 2.46. The van der Waals surface area contributed by atoms with Crippen molar-refractivity contribution in [1.29, 1.82) is 0 Å². The highest BCUT2D eigenvalue weighted by Gasteiger charge is 2.61. The fourth-order valence-corrected chi connectivity index (χ4v) is 6.80. The first-order valence-electron chi connectivity index (χ1n) is 9.17. The predicted molar refractivity (Wildman–Crippen MR) is 87.0 cm³/mol. The zero-order valence-electron chi connectivity index (χ0n) is 13.9. The number of rotatable bonds is 0. The van der Waals surface area contributed by atoms with E-state index in [0.717, 1.165) is 19.3 Å². The van der Waals surface area contributed by atoms with Gasteiger partial charge in [0.25, 0.3) is 0 Å². The molecular weight excluding hydrogens is 274 g/mol. The maximum atomic E-state index is 10.9. The van der Waals surface area contributed by atoms with Crippen molar-refractivity contribution in [3.63, 3.8) is 0 Å². The summed E-state index contributed by atoms with van der Waals surface area (Å²) in [5.41, 5.74) is 6.82. The summed E-state index contributed by atoms with van der Waals surface area (Å²) in [4.78, 5) is 0. The van der Waals surface area contributed by atoms with Crippen molar-refractivity contribution < 1.29 is 10.2 Å². The molecule has 3 saturated carbocycles. The van der Waals surface area contributed by atoms with Crippen molar-refractivity contribution in [3.8, 4) is 0 Å². The van der Waals surface area contributed by atoms with Crippen LogP contribution in [0, 0.1) is 34.5 Å². The van der Waals surface area contributed by atoms with E-state index >= 15 is 0 Å². The number of allylic oxidation sites excluding steroid dienone is 1. The lowest BCUT2D eigenvalue weighted by Gasteiger charge is -2.60. The molecule has 0 radical (unpaired) electrons. The Labute approximate surface area is 134 Å². The molecule has 0 unspecified atom stereocenters. The molecule has 124 valence electrons. The van der Waals surface area contributed by atoms with Gasteiger partial charge in [-0.15, -0.1) is 0 Å². The van der Waals surface area contributed by atoms with Crippen molar-refractivity contribution >= 4 is 0 Å². The Morgan fingerprint density at radius 1 is 1.05 bits per heavy atom. The SMILES string of the molecule is C[C@]12C=C[C@H](O)C[C@H]1C[C@H](O)[C@@H]1[C@@H]2CC[C@]2(C)[C@@H](N)CC[C@@H]12. The molecule has 0 heterocycles. The van der Waals surface area contributed by atoms with Crippen LogP contribution in [0.25, 0.3) is 0 Å². The first kappa shape index (κ1) is 15.2. The summed E-state index contributed by atoms with van der Waals surface area (Å²) < 4.78 is 0. The van der Waals surface area contributed by atoms with Gasteiger partial charge in [0.05, 0.1) is 12.2 Å². The molecule has 0 bridgehead atoms. The number of aliphatic hydroxyl groups excluding tert-OH is 2. The lowest BCUT2D eigenvalue weighted by molar-refractivity contribution is -0.139. The van der Waals surface area contributed by atoms with Crippen LogP contribution in [0.4, 0.5) is 0 Å². The second kappa shape index (κ2) is 4.81. The first-order valence-corrected chi connectivity index (χ1v) is 9.17. The third-order valence-corrected chi connectivity index (χ3v) is 8.26. The Morgan fingerprint density at radius 3 is 2.59 bits per heavy atom. The average Bonchev–Trinajstić information content (AvgIpc) is 2.77. The van der Waals surface area contributed by atoms with Gasteiger partial charge >= 0.3 is 0 Å². The minimum atomic E-state index is -0.324. The third kappa shape index (κ3) is 1.85. The van der Waals surface area contributed by atoms with E-state index in [4.69, 9.17) is 5.73 Å². The largest absolute Gasteiger partial charge is 0.393 e. The van der Waals surface area contributed by atoms with Gasteiger partial charge in [0, 0.05) is 6.04 Å². The van der Waals surface area contributed by atoms with Gasteiger partial charge in [0.1, 0.15) is 0 Å². The normalized spacial score (nSPS) is 60.5. The van der Waals surface area contributed by atoms with Gasteiger partial charge < -0.3 is 15.9 Å². The molecule has 0 aromatic heterocycles. The highest BCUT2D eigenvalue weighted by atomic mass is 16.3. The van der Waals surface area contributed by atoms with E-state index < -0.39 is 0 Å². The number of hydrogen-bond acceptors (Lipinski definition) is 3. The molecule has 0 aromatic carbocycles. The minimum absolute atomic E-state index is 0.150. The highest BCUT2D eigenvalue weighted by Crippen LogP contribution is 2.64. The van der Waals surface area contributed by atoms with Crippen molar-refractivity contribution in [2.75, 3.05) is 0 Å². The molecular formula is C19H31NO2. The zero-order valence-corrected chi connectivity index (χ0v) is 13.9. The van der Waals surface area contributed by atoms with E-state index in [9.17, 15) is 10.2 Å². The molecule has 4 aliphatic rings. The Morgan fingerprint density at radius 2 is 1.82 bits per heavy atom. The van der Waals surface area contributed by atoms with Crippen LogP contribution < -0.4 is 5.73 Å². The molecule has 0 spiro atoms. The van der Waals surface area contributed by atoms with Crippen molar-refractivity contribution in [2.24, 2.45) is 40.2 Å². The first-order chi connectivity index (χ1) is 10.4. The quantitative estimate of drug-likeness (QED) is 0.602. The van der Waals surface area contributed by atoms with Gasteiger partial charge in [0.2, 0.25) is 0 Å². The molecule has 4 aliphatic carbocycles. The maximum absolute atomic E-state index is 10.9.